The summed E-state index contributed by atoms with van der Waals surface area (Å²) in [7, 11) is 0. The highest BCUT2D eigenvalue weighted by atomic mass is 15.6. The van der Waals surface area contributed by atoms with Gasteiger partial charge in [0, 0.05) is 37.3 Å². The van der Waals surface area contributed by atoms with E-state index in [-0.39, 0.29) is 6.04 Å². The van der Waals surface area contributed by atoms with E-state index >= 15 is 0 Å². The van der Waals surface area contributed by atoms with Crippen LogP contribution in [-0.2, 0) is 0 Å². The van der Waals surface area contributed by atoms with Crippen LogP contribution in [0.25, 0.3) is 10.9 Å². The zero-order chi connectivity index (χ0) is 19.9. The molecule has 0 amide bonds. The molecule has 7 nitrogen and oxygen atoms in total. The highest BCUT2D eigenvalue weighted by Crippen LogP contribution is 2.36. The van der Waals surface area contributed by atoms with E-state index in [0.717, 1.165) is 31.0 Å². The van der Waals surface area contributed by atoms with Gasteiger partial charge in [0.15, 0.2) is 5.82 Å². The van der Waals surface area contributed by atoms with Crippen molar-refractivity contribution in [3.8, 4) is 0 Å². The van der Waals surface area contributed by atoms with Crippen LogP contribution in [0.3, 0.4) is 0 Å². The van der Waals surface area contributed by atoms with Gasteiger partial charge in [0.2, 0.25) is 0 Å². The normalized spacial score (nSPS) is 24.5. The molecular formula is C23H29N7. The largest absolute Gasteiger partial charge is 0.298 e. The maximum Gasteiger partial charge on any atom is 0.173 e. The van der Waals surface area contributed by atoms with Gasteiger partial charge in [-0.2, -0.15) is 0 Å². The first-order valence-electron chi connectivity index (χ1n) is 11.5. The number of hydrogen-bond acceptors (Lipinski definition) is 6. The third-order valence-corrected chi connectivity index (χ3v) is 7.36. The van der Waals surface area contributed by atoms with Crippen molar-refractivity contribution in [1.29, 1.82) is 0 Å². The van der Waals surface area contributed by atoms with Gasteiger partial charge in [0.25, 0.3) is 0 Å². The van der Waals surface area contributed by atoms with Gasteiger partial charge in [-0.05, 0) is 66.4 Å². The van der Waals surface area contributed by atoms with E-state index in [9.17, 15) is 0 Å². The molecule has 2 aliphatic heterocycles. The topological polar surface area (TPSA) is 63.0 Å². The molecular weight excluding hydrogens is 374 g/mol. The molecule has 7 heteroatoms. The molecule has 1 aliphatic carbocycles. The molecule has 2 aromatic heterocycles. The molecule has 0 unspecified atom stereocenters. The third-order valence-electron chi connectivity index (χ3n) is 7.36. The van der Waals surface area contributed by atoms with E-state index < -0.39 is 0 Å². The summed E-state index contributed by atoms with van der Waals surface area (Å²) in [4.78, 5) is 9.81. The molecule has 0 spiro atoms. The second-order valence-corrected chi connectivity index (χ2v) is 9.10. The van der Waals surface area contributed by atoms with Gasteiger partial charge in [-0.15, -0.1) is 5.10 Å². The summed E-state index contributed by atoms with van der Waals surface area (Å²) in [6.07, 6.45) is 9.40. The number of aromatic nitrogens is 5. The van der Waals surface area contributed by atoms with E-state index in [0.29, 0.717) is 12.1 Å². The monoisotopic (exact) mass is 403 g/mol. The summed E-state index contributed by atoms with van der Waals surface area (Å²) in [5.41, 5.74) is 2.31. The first-order valence-corrected chi connectivity index (χ1v) is 11.5. The second-order valence-electron chi connectivity index (χ2n) is 9.10. The molecule has 3 fully saturated rings. The number of tetrazole rings is 1. The lowest BCUT2D eigenvalue weighted by atomic mass is 9.99. The standard InChI is InChI=1S/C23H29N7/c1-2-7-19(6-1)30-23(25-26-27-30)22(29-14-13-28-12-4-8-20(28)16-29)18-9-10-21-17(15-18)5-3-11-24-21/h3,5,9-11,15,19-20,22H,1-2,4,6-8,12-14,16H2/t20-,22-/m1/s1. The summed E-state index contributed by atoms with van der Waals surface area (Å²) in [6, 6.07) is 12.0. The predicted octanol–water partition coefficient (Wildman–Crippen LogP) is 3.21. The fraction of sp³-hybridized carbons (Fsp3) is 0.565. The van der Waals surface area contributed by atoms with E-state index in [1.165, 1.54) is 56.0 Å². The summed E-state index contributed by atoms with van der Waals surface area (Å²) in [5, 5.41) is 14.4. The Kier molecular flexibility index (Phi) is 4.72. The number of rotatable bonds is 4. The molecule has 0 bridgehead atoms. The Labute approximate surface area is 177 Å². The minimum absolute atomic E-state index is 0.0907. The van der Waals surface area contributed by atoms with Crippen LogP contribution in [-0.4, -0.2) is 67.2 Å². The van der Waals surface area contributed by atoms with Crippen LogP contribution in [0.15, 0.2) is 36.5 Å². The van der Waals surface area contributed by atoms with Gasteiger partial charge in [-0.1, -0.05) is 25.0 Å². The summed E-state index contributed by atoms with van der Waals surface area (Å²) < 4.78 is 2.14. The number of benzene rings is 1. The van der Waals surface area contributed by atoms with Gasteiger partial charge < -0.3 is 0 Å². The summed E-state index contributed by atoms with van der Waals surface area (Å²) >= 11 is 0. The lowest BCUT2D eigenvalue weighted by Gasteiger charge is -2.41. The van der Waals surface area contributed by atoms with E-state index in [4.69, 9.17) is 0 Å². The molecule has 3 aromatic rings. The average molecular weight is 404 g/mol. The van der Waals surface area contributed by atoms with Crippen molar-refractivity contribution in [3.05, 3.63) is 47.9 Å². The van der Waals surface area contributed by atoms with Crippen LogP contribution >= 0.6 is 0 Å². The Morgan fingerprint density at radius 2 is 1.83 bits per heavy atom. The number of fused-ring (bicyclic) bond motifs is 2. The number of hydrogen-bond donors (Lipinski definition) is 0. The fourth-order valence-corrected chi connectivity index (χ4v) is 5.83. The number of piperazine rings is 1. The lowest BCUT2D eigenvalue weighted by Crippen LogP contribution is -2.51. The Morgan fingerprint density at radius 1 is 0.933 bits per heavy atom. The Balaban J connectivity index is 1.42. The Bertz CT molecular complexity index is 1030. The van der Waals surface area contributed by atoms with E-state index in [1.807, 2.05) is 12.3 Å². The van der Waals surface area contributed by atoms with Gasteiger partial charge in [-0.3, -0.25) is 14.8 Å². The molecule has 6 rings (SSSR count). The highest BCUT2D eigenvalue weighted by Gasteiger charge is 2.37. The predicted molar refractivity (Wildman–Crippen MR) is 115 cm³/mol. The summed E-state index contributed by atoms with van der Waals surface area (Å²) in [6.45, 7) is 4.54. The maximum absolute atomic E-state index is 4.61. The van der Waals surface area contributed by atoms with Crippen molar-refractivity contribution in [2.24, 2.45) is 0 Å². The van der Waals surface area contributed by atoms with Crippen LogP contribution in [0.2, 0.25) is 0 Å². The minimum Gasteiger partial charge on any atom is -0.298 e. The number of nitrogens with zero attached hydrogens (tertiary/aromatic N) is 7. The zero-order valence-electron chi connectivity index (χ0n) is 17.4. The zero-order valence-corrected chi connectivity index (χ0v) is 17.4. The smallest absolute Gasteiger partial charge is 0.173 e. The molecule has 156 valence electrons. The van der Waals surface area contributed by atoms with Gasteiger partial charge in [0.1, 0.15) is 0 Å². The van der Waals surface area contributed by atoms with Crippen molar-refractivity contribution in [2.75, 3.05) is 26.2 Å². The molecule has 2 atom stereocenters. The molecule has 0 N–H and O–H groups in total. The molecule has 1 saturated carbocycles. The van der Waals surface area contributed by atoms with Gasteiger partial charge in [-0.25, -0.2) is 4.68 Å². The van der Waals surface area contributed by atoms with Crippen LogP contribution in [0.5, 0.6) is 0 Å². The summed E-state index contributed by atoms with van der Waals surface area (Å²) in [5.74, 6) is 1.01. The van der Waals surface area contributed by atoms with Crippen LogP contribution in [0.1, 0.15) is 62.0 Å². The lowest BCUT2D eigenvalue weighted by molar-refractivity contribution is 0.0787. The van der Waals surface area contributed by atoms with Gasteiger partial charge in [0.05, 0.1) is 17.6 Å². The van der Waals surface area contributed by atoms with Crippen molar-refractivity contribution < 1.29 is 0 Å². The van der Waals surface area contributed by atoms with Crippen LogP contribution in [0.4, 0.5) is 0 Å². The molecule has 4 heterocycles. The molecule has 0 radical (unpaired) electrons. The molecule has 3 aliphatic rings. The Morgan fingerprint density at radius 3 is 2.77 bits per heavy atom. The van der Waals surface area contributed by atoms with Crippen LogP contribution < -0.4 is 0 Å². The van der Waals surface area contributed by atoms with Crippen molar-refractivity contribution in [2.45, 2.75) is 56.7 Å². The van der Waals surface area contributed by atoms with Crippen molar-refractivity contribution in [1.82, 2.24) is 35.0 Å². The van der Waals surface area contributed by atoms with Crippen molar-refractivity contribution >= 4 is 10.9 Å². The second kappa shape index (κ2) is 7.71. The first kappa shape index (κ1) is 18.4. The Hall–Kier alpha value is -2.38. The van der Waals surface area contributed by atoms with Crippen molar-refractivity contribution in [3.63, 3.8) is 0 Å². The molecule has 30 heavy (non-hydrogen) atoms. The SMILES string of the molecule is c1cnc2ccc([C@H](c3nnnn3C3CCCC3)N3CCN4CCC[C@@H]4C3)cc2c1. The highest BCUT2D eigenvalue weighted by molar-refractivity contribution is 5.79. The van der Waals surface area contributed by atoms with Crippen LogP contribution in [0, 0.1) is 0 Å². The third kappa shape index (κ3) is 3.20. The van der Waals surface area contributed by atoms with Gasteiger partial charge >= 0.3 is 0 Å². The minimum atomic E-state index is 0.0907. The fourth-order valence-electron chi connectivity index (χ4n) is 5.83. The molecule has 1 aromatic carbocycles. The first-order chi connectivity index (χ1) is 14.9. The average Bonchev–Trinajstić information content (AvgIpc) is 3.54. The number of pyridine rings is 1. The van der Waals surface area contributed by atoms with E-state index in [1.54, 1.807) is 0 Å². The molecule has 2 saturated heterocycles. The quantitative estimate of drug-likeness (QED) is 0.667. The van der Waals surface area contributed by atoms with E-state index in [2.05, 4.69) is 59.3 Å². The maximum atomic E-state index is 4.61.